The number of nitro groups is 1. The Morgan fingerprint density at radius 1 is 1.52 bits per heavy atom. The number of nitrogens with zero attached hydrogens (tertiary/aromatic N) is 2. The molecule has 1 aliphatic rings. The maximum Gasteiger partial charge on any atom is 0.296 e. The van der Waals surface area contributed by atoms with Crippen LogP contribution in [0.5, 0.6) is 5.75 Å². The Kier molecular flexibility index (Phi) is 7.07. The van der Waals surface area contributed by atoms with Crippen LogP contribution in [0.25, 0.3) is 0 Å². The summed E-state index contributed by atoms with van der Waals surface area (Å²) in [6.07, 6.45) is 0.318. The molecule has 1 aromatic rings. The summed E-state index contributed by atoms with van der Waals surface area (Å²) in [5, 5.41) is 14.4. The average molecular weight is 367 g/mol. The third kappa shape index (κ3) is 5.61. The van der Waals surface area contributed by atoms with Gasteiger partial charge in [-0.1, -0.05) is 13.8 Å². The van der Waals surface area contributed by atoms with E-state index in [-0.39, 0.29) is 17.3 Å². The van der Waals surface area contributed by atoms with Crippen molar-refractivity contribution >= 4 is 29.0 Å². The van der Waals surface area contributed by atoms with Crippen molar-refractivity contribution in [3.63, 3.8) is 0 Å². The molecule has 1 atom stereocenters. The highest BCUT2D eigenvalue weighted by Crippen LogP contribution is 2.29. The molecule has 1 aromatic carbocycles. The topological polar surface area (TPSA) is 84.7 Å². The summed E-state index contributed by atoms with van der Waals surface area (Å²) in [5.41, 5.74) is 0.0343. The van der Waals surface area contributed by atoms with Gasteiger partial charge in [0, 0.05) is 37.1 Å². The summed E-state index contributed by atoms with van der Waals surface area (Å²) in [5.74, 6) is 1.86. The fourth-order valence-corrected chi connectivity index (χ4v) is 4.07. The Morgan fingerprint density at radius 2 is 2.28 bits per heavy atom. The number of methoxy groups -OCH3 is 1. The third-order valence-corrected chi connectivity index (χ3v) is 5.79. The van der Waals surface area contributed by atoms with Crippen LogP contribution in [-0.4, -0.2) is 53.5 Å². The predicted molar refractivity (Wildman–Crippen MR) is 100 cm³/mol. The molecule has 0 saturated carbocycles. The van der Waals surface area contributed by atoms with Crippen molar-refractivity contribution < 1.29 is 14.5 Å². The monoisotopic (exact) mass is 367 g/mol. The van der Waals surface area contributed by atoms with Crippen molar-refractivity contribution in [2.24, 2.45) is 5.92 Å². The zero-order valence-corrected chi connectivity index (χ0v) is 15.7. The zero-order valence-electron chi connectivity index (χ0n) is 14.9. The second-order valence-corrected chi connectivity index (χ2v) is 7.74. The minimum absolute atomic E-state index is 0.165. The highest BCUT2D eigenvalue weighted by Gasteiger charge is 2.23. The molecule has 0 unspecified atom stereocenters. The van der Waals surface area contributed by atoms with E-state index in [4.69, 9.17) is 4.74 Å². The summed E-state index contributed by atoms with van der Waals surface area (Å²) in [6.45, 7) is 7.06. The highest BCUT2D eigenvalue weighted by atomic mass is 32.2. The summed E-state index contributed by atoms with van der Waals surface area (Å²) >= 11 is 1.99. The first-order valence-electron chi connectivity index (χ1n) is 8.37. The van der Waals surface area contributed by atoms with Gasteiger partial charge in [-0.3, -0.25) is 14.9 Å². The minimum atomic E-state index is -0.521. The Labute approximate surface area is 152 Å². The zero-order chi connectivity index (χ0) is 18.4. The van der Waals surface area contributed by atoms with Crippen molar-refractivity contribution in [1.82, 2.24) is 4.90 Å². The van der Waals surface area contributed by atoms with E-state index in [9.17, 15) is 14.9 Å². The Balaban J connectivity index is 1.91. The molecule has 2 rings (SSSR count). The standard InChI is InChI=1S/C17H25N3O4S/c1-12(2)16-11-19(8-9-25-16)7-6-17(21)18-14-5-4-13(24-3)10-15(14)20(22)23/h4-5,10,12,16H,6-9,11H2,1-3H3,(H,18,21)/t16-/m1/s1. The number of thioether (sulfide) groups is 1. The lowest BCUT2D eigenvalue weighted by Gasteiger charge is -2.34. The lowest BCUT2D eigenvalue weighted by Crippen LogP contribution is -2.41. The highest BCUT2D eigenvalue weighted by molar-refractivity contribution is 8.00. The number of nitrogens with one attached hydrogen (secondary N) is 1. The van der Waals surface area contributed by atoms with E-state index in [1.54, 1.807) is 6.07 Å². The molecule has 138 valence electrons. The molecule has 0 radical (unpaired) electrons. The number of benzene rings is 1. The molecule has 1 heterocycles. The number of carbonyl (C=O) groups is 1. The van der Waals surface area contributed by atoms with Crippen LogP contribution < -0.4 is 10.1 Å². The van der Waals surface area contributed by atoms with Crippen molar-refractivity contribution in [3.05, 3.63) is 28.3 Å². The van der Waals surface area contributed by atoms with Gasteiger partial charge in [-0.2, -0.15) is 11.8 Å². The number of ether oxygens (including phenoxy) is 1. The van der Waals surface area contributed by atoms with Crippen molar-refractivity contribution in [1.29, 1.82) is 0 Å². The molecule has 0 aliphatic carbocycles. The lowest BCUT2D eigenvalue weighted by atomic mass is 10.1. The van der Waals surface area contributed by atoms with Crippen LogP contribution in [0.3, 0.4) is 0 Å². The fraction of sp³-hybridized carbons (Fsp3) is 0.588. The van der Waals surface area contributed by atoms with E-state index in [0.29, 0.717) is 29.9 Å². The smallest absolute Gasteiger partial charge is 0.296 e. The number of hydrogen-bond acceptors (Lipinski definition) is 6. The molecule has 1 amide bonds. The molecular formula is C17H25N3O4S. The van der Waals surface area contributed by atoms with Crippen LogP contribution in [0.15, 0.2) is 18.2 Å². The Morgan fingerprint density at radius 3 is 2.92 bits per heavy atom. The molecular weight excluding hydrogens is 342 g/mol. The fourth-order valence-electron chi connectivity index (χ4n) is 2.71. The van der Waals surface area contributed by atoms with E-state index in [1.165, 1.54) is 19.2 Å². The van der Waals surface area contributed by atoms with Gasteiger partial charge in [-0.15, -0.1) is 0 Å². The number of carbonyl (C=O) groups excluding carboxylic acids is 1. The SMILES string of the molecule is COc1ccc(NC(=O)CCN2CCS[C@@H](C(C)C)C2)c([N+](=O)[O-])c1. The van der Waals surface area contributed by atoms with Gasteiger partial charge < -0.3 is 15.0 Å². The molecule has 1 N–H and O–H groups in total. The Bertz CT molecular complexity index is 624. The van der Waals surface area contributed by atoms with Crippen molar-refractivity contribution in [2.45, 2.75) is 25.5 Å². The minimum Gasteiger partial charge on any atom is -0.496 e. The number of hydrogen-bond donors (Lipinski definition) is 1. The van der Waals surface area contributed by atoms with Crippen molar-refractivity contribution in [2.75, 3.05) is 37.8 Å². The molecule has 1 saturated heterocycles. The molecule has 7 nitrogen and oxygen atoms in total. The summed E-state index contributed by atoms with van der Waals surface area (Å²) in [4.78, 5) is 25.1. The van der Waals surface area contributed by atoms with E-state index < -0.39 is 4.92 Å². The molecule has 0 spiro atoms. The molecule has 0 bridgehead atoms. The maximum absolute atomic E-state index is 12.2. The molecule has 8 heteroatoms. The van der Waals surface area contributed by atoms with Gasteiger partial charge in [0.2, 0.25) is 5.91 Å². The lowest BCUT2D eigenvalue weighted by molar-refractivity contribution is -0.384. The molecule has 1 fully saturated rings. The third-order valence-electron chi connectivity index (χ3n) is 4.25. The molecule has 25 heavy (non-hydrogen) atoms. The first-order valence-corrected chi connectivity index (χ1v) is 9.41. The second-order valence-electron chi connectivity index (χ2n) is 6.39. The van der Waals surface area contributed by atoms with Gasteiger partial charge in [0.25, 0.3) is 5.69 Å². The number of rotatable bonds is 7. The average Bonchev–Trinajstić information content (AvgIpc) is 2.60. The van der Waals surface area contributed by atoms with Crippen LogP contribution in [-0.2, 0) is 4.79 Å². The van der Waals surface area contributed by atoms with Gasteiger partial charge in [-0.05, 0) is 18.1 Å². The number of amides is 1. The van der Waals surface area contributed by atoms with Gasteiger partial charge in [0.05, 0.1) is 18.1 Å². The first kappa shape index (κ1) is 19.5. The summed E-state index contributed by atoms with van der Waals surface area (Å²) < 4.78 is 5.00. The summed E-state index contributed by atoms with van der Waals surface area (Å²) in [6, 6.07) is 4.41. The first-order chi connectivity index (χ1) is 11.9. The Hall–Kier alpha value is -1.80. The van der Waals surface area contributed by atoms with E-state index in [2.05, 4.69) is 24.1 Å². The van der Waals surface area contributed by atoms with Gasteiger partial charge in [0.15, 0.2) is 0 Å². The molecule has 1 aliphatic heterocycles. The van der Waals surface area contributed by atoms with E-state index in [0.717, 1.165) is 18.8 Å². The van der Waals surface area contributed by atoms with E-state index >= 15 is 0 Å². The van der Waals surface area contributed by atoms with Crippen LogP contribution in [0.2, 0.25) is 0 Å². The normalized spacial score (nSPS) is 18.2. The van der Waals surface area contributed by atoms with Crippen LogP contribution in [0.4, 0.5) is 11.4 Å². The van der Waals surface area contributed by atoms with Crippen molar-refractivity contribution in [3.8, 4) is 5.75 Å². The maximum atomic E-state index is 12.2. The van der Waals surface area contributed by atoms with Crippen LogP contribution in [0, 0.1) is 16.0 Å². The summed E-state index contributed by atoms with van der Waals surface area (Å²) in [7, 11) is 1.44. The van der Waals surface area contributed by atoms with Gasteiger partial charge in [-0.25, -0.2) is 0 Å². The second kappa shape index (κ2) is 9.05. The van der Waals surface area contributed by atoms with Gasteiger partial charge >= 0.3 is 0 Å². The van der Waals surface area contributed by atoms with E-state index in [1.807, 2.05) is 11.8 Å². The largest absolute Gasteiger partial charge is 0.496 e. The molecule has 0 aromatic heterocycles. The predicted octanol–water partition coefficient (Wildman–Crippen LogP) is 3.01. The number of anilines is 1. The number of nitro benzene ring substituents is 1. The quantitative estimate of drug-likeness (QED) is 0.589. The van der Waals surface area contributed by atoms with Gasteiger partial charge in [0.1, 0.15) is 11.4 Å². The van der Waals surface area contributed by atoms with Crippen LogP contribution >= 0.6 is 11.8 Å². The van der Waals surface area contributed by atoms with Crippen LogP contribution in [0.1, 0.15) is 20.3 Å².